The molecule has 2 aromatic carbocycles. The lowest BCUT2D eigenvalue weighted by atomic mass is 9.87. The number of nitrogens with two attached hydrogens (primary N) is 1. The number of benzene rings is 2. The number of primary amides is 1. The highest BCUT2D eigenvalue weighted by Gasteiger charge is 2.31. The number of rotatable bonds is 7. The van der Waals surface area contributed by atoms with Crippen molar-refractivity contribution in [3.8, 4) is 0 Å². The number of amides is 2. The molecule has 1 unspecified atom stereocenters. The second kappa shape index (κ2) is 10.3. The fourth-order valence-corrected chi connectivity index (χ4v) is 5.19. The molecule has 1 fully saturated rings. The van der Waals surface area contributed by atoms with Crippen LogP contribution >= 0.6 is 0 Å². The van der Waals surface area contributed by atoms with Gasteiger partial charge >= 0.3 is 0 Å². The smallest absolute Gasteiger partial charge is 0.281 e. The summed E-state index contributed by atoms with van der Waals surface area (Å²) in [5.41, 5.74) is 8.42. The molecule has 4 N–H and O–H groups in total. The molecular formula is C25H35N5O4S. The third-order valence-electron chi connectivity index (χ3n) is 6.09. The van der Waals surface area contributed by atoms with Gasteiger partial charge in [-0.05, 0) is 54.2 Å². The van der Waals surface area contributed by atoms with E-state index in [4.69, 9.17) is 5.73 Å². The largest absolute Gasteiger partial charge is 0.380 e. The van der Waals surface area contributed by atoms with Crippen molar-refractivity contribution in [2.24, 2.45) is 5.73 Å². The molecule has 1 aliphatic rings. The van der Waals surface area contributed by atoms with Crippen molar-refractivity contribution in [3.05, 3.63) is 59.2 Å². The second-order valence-corrected chi connectivity index (χ2v) is 12.2. The molecular weight excluding hydrogens is 466 g/mol. The summed E-state index contributed by atoms with van der Waals surface area (Å²) >= 11 is 0. The maximum Gasteiger partial charge on any atom is 0.281 e. The topological polar surface area (TPSA) is 125 Å². The average Bonchev–Trinajstić information content (AvgIpc) is 2.78. The lowest BCUT2D eigenvalue weighted by molar-refractivity contribution is 0.0998. The summed E-state index contributed by atoms with van der Waals surface area (Å²) in [6, 6.07) is 12.1. The fraction of sp³-hybridized carbons (Fsp3) is 0.440. The Labute approximate surface area is 207 Å². The summed E-state index contributed by atoms with van der Waals surface area (Å²) in [4.78, 5) is 24.8. The minimum atomic E-state index is -3.54. The molecule has 1 atom stereocenters. The average molecular weight is 502 g/mol. The summed E-state index contributed by atoms with van der Waals surface area (Å²) in [6.45, 7) is 7.02. The van der Waals surface area contributed by atoms with Crippen LogP contribution in [0.15, 0.2) is 42.5 Å². The molecule has 0 saturated carbocycles. The Balaban J connectivity index is 1.78. The number of nitrogens with one attached hydrogen (secondary N) is 2. The quantitative estimate of drug-likeness (QED) is 0.538. The fourth-order valence-electron chi connectivity index (χ4n) is 4.00. The summed E-state index contributed by atoms with van der Waals surface area (Å²) in [6.07, 6.45) is 1.41. The molecule has 10 heteroatoms. The zero-order valence-electron chi connectivity index (χ0n) is 21.0. The van der Waals surface area contributed by atoms with Gasteiger partial charge < -0.3 is 16.4 Å². The molecule has 0 bridgehead atoms. The Kier molecular flexibility index (Phi) is 7.88. The predicted octanol–water partition coefficient (Wildman–Crippen LogP) is 3.02. The summed E-state index contributed by atoms with van der Waals surface area (Å²) in [5, 5.41) is 6.14. The molecule has 9 nitrogen and oxygen atoms in total. The first-order chi connectivity index (χ1) is 16.3. The van der Waals surface area contributed by atoms with E-state index in [0.29, 0.717) is 29.9 Å². The van der Waals surface area contributed by atoms with Gasteiger partial charge in [0.25, 0.3) is 22.0 Å². The van der Waals surface area contributed by atoms with Gasteiger partial charge in [-0.25, -0.2) is 0 Å². The van der Waals surface area contributed by atoms with Gasteiger partial charge in [0.05, 0.1) is 5.56 Å². The molecule has 1 heterocycles. The number of carbonyl (C=O) groups excluding carboxylic acids is 2. The van der Waals surface area contributed by atoms with E-state index in [-0.39, 0.29) is 29.5 Å². The van der Waals surface area contributed by atoms with Crippen molar-refractivity contribution in [2.45, 2.75) is 45.1 Å². The zero-order valence-corrected chi connectivity index (χ0v) is 21.8. The highest BCUT2D eigenvalue weighted by Crippen LogP contribution is 2.26. The van der Waals surface area contributed by atoms with Crippen molar-refractivity contribution in [3.63, 3.8) is 0 Å². The number of carbonyl (C=O) groups is 2. The maximum atomic E-state index is 12.8. The third kappa shape index (κ3) is 6.39. The molecule has 190 valence electrons. The summed E-state index contributed by atoms with van der Waals surface area (Å²) in [5.74, 6) is -0.888. The molecule has 35 heavy (non-hydrogen) atoms. The Bertz CT molecular complexity index is 1190. The first-order valence-corrected chi connectivity index (χ1v) is 13.0. The van der Waals surface area contributed by atoms with Crippen LogP contribution in [-0.2, 0) is 15.6 Å². The van der Waals surface area contributed by atoms with Crippen LogP contribution in [0.3, 0.4) is 0 Å². The van der Waals surface area contributed by atoms with Gasteiger partial charge in [-0.3, -0.25) is 9.59 Å². The van der Waals surface area contributed by atoms with Crippen LogP contribution in [0.4, 0.5) is 11.4 Å². The molecule has 0 aromatic heterocycles. The Morgan fingerprint density at radius 2 is 1.74 bits per heavy atom. The van der Waals surface area contributed by atoms with E-state index in [1.807, 2.05) is 12.1 Å². The number of piperidine rings is 1. The Morgan fingerprint density at radius 1 is 1.09 bits per heavy atom. The van der Waals surface area contributed by atoms with Crippen LogP contribution in [0.1, 0.15) is 59.9 Å². The van der Waals surface area contributed by atoms with Crippen LogP contribution in [0.2, 0.25) is 0 Å². The van der Waals surface area contributed by atoms with Gasteiger partial charge in [0, 0.05) is 50.2 Å². The van der Waals surface area contributed by atoms with Crippen molar-refractivity contribution in [2.75, 3.05) is 37.8 Å². The van der Waals surface area contributed by atoms with Gasteiger partial charge in [0.2, 0.25) is 0 Å². The van der Waals surface area contributed by atoms with Crippen molar-refractivity contribution >= 4 is 33.4 Å². The Morgan fingerprint density at radius 3 is 2.31 bits per heavy atom. The highest BCUT2D eigenvalue weighted by molar-refractivity contribution is 7.86. The first kappa shape index (κ1) is 26.7. The SMILES string of the molecule is CN(C)S(=O)(=O)N1CCCC(Nc2cc(NC(=O)c3ccc(C(C)(C)C)cc3)ccc2C(N)=O)C1. The van der Waals surface area contributed by atoms with Crippen molar-refractivity contribution in [1.29, 1.82) is 0 Å². The van der Waals surface area contributed by atoms with E-state index in [0.717, 1.165) is 12.0 Å². The highest BCUT2D eigenvalue weighted by atomic mass is 32.2. The van der Waals surface area contributed by atoms with Gasteiger partial charge in [-0.1, -0.05) is 32.9 Å². The molecule has 0 aliphatic carbocycles. The van der Waals surface area contributed by atoms with Crippen molar-refractivity contribution < 1.29 is 18.0 Å². The van der Waals surface area contributed by atoms with E-state index >= 15 is 0 Å². The van der Waals surface area contributed by atoms with Crippen LogP contribution in [-0.4, -0.2) is 62.1 Å². The van der Waals surface area contributed by atoms with Crippen LogP contribution in [0.5, 0.6) is 0 Å². The number of hydrogen-bond acceptors (Lipinski definition) is 5. The van der Waals surface area contributed by atoms with Crippen LogP contribution < -0.4 is 16.4 Å². The molecule has 0 radical (unpaired) electrons. The van der Waals surface area contributed by atoms with E-state index in [1.165, 1.54) is 22.7 Å². The van der Waals surface area contributed by atoms with E-state index < -0.39 is 16.1 Å². The standard InChI is InChI=1S/C25H35N5O4S/c1-25(2,3)18-10-8-17(9-11-18)24(32)28-19-12-13-21(23(26)31)22(15-19)27-20-7-6-14-30(16-20)35(33,34)29(4)5/h8-13,15,20,27H,6-7,14,16H2,1-5H3,(H2,26,31)(H,28,32). The zero-order chi connectivity index (χ0) is 26.0. The first-order valence-electron chi connectivity index (χ1n) is 11.6. The molecule has 0 spiro atoms. The molecule has 2 aromatic rings. The van der Waals surface area contributed by atoms with Crippen LogP contribution in [0.25, 0.3) is 0 Å². The molecule has 2 amide bonds. The van der Waals surface area contributed by atoms with E-state index in [1.54, 1.807) is 30.3 Å². The van der Waals surface area contributed by atoms with Crippen molar-refractivity contribution in [1.82, 2.24) is 8.61 Å². The normalized spacial score (nSPS) is 17.3. The number of anilines is 2. The van der Waals surface area contributed by atoms with Crippen LogP contribution in [0, 0.1) is 0 Å². The summed E-state index contributed by atoms with van der Waals surface area (Å²) < 4.78 is 27.7. The maximum absolute atomic E-state index is 12.8. The molecule has 3 rings (SSSR count). The van der Waals surface area contributed by atoms with Gasteiger partial charge in [0.15, 0.2) is 0 Å². The predicted molar refractivity (Wildman–Crippen MR) is 139 cm³/mol. The minimum Gasteiger partial charge on any atom is -0.380 e. The number of nitrogens with zero attached hydrogens (tertiary/aromatic N) is 2. The molecule has 1 saturated heterocycles. The van der Waals surface area contributed by atoms with Gasteiger partial charge in [0.1, 0.15) is 0 Å². The second-order valence-electron chi connectivity index (χ2n) is 10.0. The third-order valence-corrected chi connectivity index (χ3v) is 7.99. The molecule has 1 aliphatic heterocycles. The monoisotopic (exact) mass is 501 g/mol. The van der Waals surface area contributed by atoms with E-state index in [9.17, 15) is 18.0 Å². The summed E-state index contributed by atoms with van der Waals surface area (Å²) in [7, 11) is -0.540. The van der Waals surface area contributed by atoms with Gasteiger partial charge in [-0.15, -0.1) is 0 Å². The number of hydrogen-bond donors (Lipinski definition) is 3. The minimum absolute atomic E-state index is 0.0132. The van der Waals surface area contributed by atoms with E-state index in [2.05, 4.69) is 31.4 Å². The van der Waals surface area contributed by atoms with Gasteiger partial charge in [-0.2, -0.15) is 17.0 Å². The lowest BCUT2D eigenvalue weighted by Gasteiger charge is -2.34. The Hall–Kier alpha value is -2.95. The lowest BCUT2D eigenvalue weighted by Crippen LogP contribution is -2.49.